The number of nitrogens with zero attached hydrogens (tertiary/aromatic N) is 2. The van der Waals surface area contributed by atoms with Gasteiger partial charge in [-0.05, 0) is 6.42 Å². The molecule has 0 saturated heterocycles. The number of hydrogen-bond acceptors (Lipinski definition) is 3. The van der Waals surface area contributed by atoms with Gasteiger partial charge in [-0.3, -0.25) is 5.32 Å². The van der Waals surface area contributed by atoms with Crippen molar-refractivity contribution in [2.24, 2.45) is 7.05 Å². The first-order chi connectivity index (χ1) is 8.13. The van der Waals surface area contributed by atoms with Crippen molar-refractivity contribution in [3.05, 3.63) is 6.20 Å². The molecule has 0 spiro atoms. The van der Waals surface area contributed by atoms with E-state index in [1.807, 2.05) is 0 Å². The number of nitrogens with one attached hydrogen (secondary N) is 2. The molecular weight excluding hydrogens is 220 g/mol. The first-order valence-corrected chi connectivity index (χ1v) is 5.90. The summed E-state index contributed by atoms with van der Waals surface area (Å²) >= 11 is 0. The van der Waals surface area contributed by atoms with E-state index in [-0.39, 0.29) is 11.9 Å². The number of imidazole rings is 1. The second-order valence-corrected chi connectivity index (χ2v) is 3.98. The van der Waals surface area contributed by atoms with Crippen molar-refractivity contribution < 1.29 is 9.90 Å². The van der Waals surface area contributed by atoms with Gasteiger partial charge in [-0.25, -0.2) is 4.79 Å². The Balaban J connectivity index is 2.23. The van der Waals surface area contributed by atoms with Gasteiger partial charge in [0.1, 0.15) is 0 Å². The summed E-state index contributed by atoms with van der Waals surface area (Å²) in [5, 5.41) is 14.4. The molecule has 0 fully saturated rings. The maximum atomic E-state index is 11.4. The van der Waals surface area contributed by atoms with Gasteiger partial charge in [0.2, 0.25) is 11.8 Å². The fourth-order valence-electron chi connectivity index (χ4n) is 1.47. The summed E-state index contributed by atoms with van der Waals surface area (Å²) in [4.78, 5) is 15.2. The lowest BCUT2D eigenvalue weighted by Crippen LogP contribution is -2.30. The van der Waals surface area contributed by atoms with Crippen LogP contribution in [0.4, 0.5) is 10.7 Å². The average Bonchev–Trinajstić information content (AvgIpc) is 2.57. The minimum Gasteiger partial charge on any atom is -0.492 e. The number of aromatic hydroxyl groups is 1. The first-order valence-electron chi connectivity index (χ1n) is 5.90. The van der Waals surface area contributed by atoms with E-state index in [9.17, 15) is 4.79 Å². The molecule has 2 amide bonds. The minimum absolute atomic E-state index is 0.106. The van der Waals surface area contributed by atoms with Gasteiger partial charge < -0.3 is 15.0 Å². The number of aromatic nitrogens is 2. The monoisotopic (exact) mass is 240 g/mol. The molecule has 96 valence electrons. The van der Waals surface area contributed by atoms with E-state index in [4.69, 9.17) is 5.11 Å². The lowest BCUT2D eigenvalue weighted by molar-refractivity contribution is 0.251. The Hall–Kier alpha value is -1.72. The largest absolute Gasteiger partial charge is 0.492 e. The van der Waals surface area contributed by atoms with Gasteiger partial charge in [-0.1, -0.05) is 26.2 Å². The van der Waals surface area contributed by atoms with Gasteiger partial charge in [-0.15, -0.1) is 0 Å². The highest BCUT2D eigenvalue weighted by Crippen LogP contribution is 2.11. The molecule has 6 heteroatoms. The number of amides is 2. The third kappa shape index (κ3) is 4.76. The van der Waals surface area contributed by atoms with E-state index in [1.165, 1.54) is 19.0 Å². The molecule has 0 aromatic carbocycles. The smallest absolute Gasteiger partial charge is 0.321 e. The molecule has 1 aromatic heterocycles. The standard InChI is InChI=1S/C11H20N4O2/c1-3-4-5-6-7-12-11(17)14-10-13-9(16)8-15(10)2/h8,16H,3-7H2,1-2H3,(H2,12,13,14,17). The zero-order valence-corrected chi connectivity index (χ0v) is 10.4. The molecule has 0 aliphatic carbocycles. The maximum absolute atomic E-state index is 11.4. The highest BCUT2D eigenvalue weighted by molar-refractivity contribution is 5.87. The van der Waals surface area contributed by atoms with Crippen LogP contribution in [-0.4, -0.2) is 27.2 Å². The van der Waals surface area contributed by atoms with Gasteiger partial charge in [0.15, 0.2) is 0 Å². The number of hydrogen-bond donors (Lipinski definition) is 3. The van der Waals surface area contributed by atoms with Crippen LogP contribution in [-0.2, 0) is 7.05 Å². The van der Waals surface area contributed by atoms with E-state index in [0.29, 0.717) is 12.5 Å². The number of rotatable bonds is 6. The van der Waals surface area contributed by atoms with Crippen LogP contribution >= 0.6 is 0 Å². The summed E-state index contributed by atoms with van der Waals surface area (Å²) in [5.74, 6) is 0.222. The summed E-state index contributed by atoms with van der Waals surface area (Å²) in [7, 11) is 1.70. The van der Waals surface area contributed by atoms with Crippen LogP contribution in [0.2, 0.25) is 0 Å². The van der Waals surface area contributed by atoms with E-state index in [1.54, 1.807) is 11.6 Å². The fourth-order valence-corrected chi connectivity index (χ4v) is 1.47. The lowest BCUT2D eigenvalue weighted by atomic mass is 10.2. The third-order valence-electron chi connectivity index (χ3n) is 2.40. The van der Waals surface area contributed by atoms with Gasteiger partial charge in [0, 0.05) is 13.6 Å². The molecular formula is C11H20N4O2. The first kappa shape index (κ1) is 13.3. The Bertz CT molecular complexity index is 362. The maximum Gasteiger partial charge on any atom is 0.321 e. The molecule has 0 saturated carbocycles. The van der Waals surface area contributed by atoms with Crippen LogP contribution in [0, 0.1) is 0 Å². The summed E-state index contributed by atoms with van der Waals surface area (Å²) in [6.45, 7) is 2.80. The molecule has 0 aliphatic rings. The van der Waals surface area contributed by atoms with Gasteiger partial charge in [0.05, 0.1) is 6.20 Å². The van der Waals surface area contributed by atoms with Crippen molar-refractivity contribution in [3.63, 3.8) is 0 Å². The lowest BCUT2D eigenvalue weighted by Gasteiger charge is -2.06. The Labute approximate surface area is 101 Å². The number of urea groups is 1. The van der Waals surface area contributed by atoms with Crippen LogP contribution in [0.1, 0.15) is 32.6 Å². The minimum atomic E-state index is -0.296. The van der Waals surface area contributed by atoms with Crippen molar-refractivity contribution >= 4 is 12.0 Å². The van der Waals surface area contributed by atoms with E-state index in [0.717, 1.165) is 12.8 Å². The zero-order chi connectivity index (χ0) is 12.7. The second-order valence-electron chi connectivity index (χ2n) is 3.98. The highest BCUT2D eigenvalue weighted by Gasteiger charge is 2.07. The average molecular weight is 240 g/mol. The normalized spacial score (nSPS) is 10.2. The van der Waals surface area contributed by atoms with Crippen LogP contribution in [0.15, 0.2) is 6.20 Å². The van der Waals surface area contributed by atoms with Gasteiger partial charge >= 0.3 is 6.03 Å². The van der Waals surface area contributed by atoms with Crippen molar-refractivity contribution in [2.75, 3.05) is 11.9 Å². The summed E-state index contributed by atoms with van der Waals surface area (Å²) in [5.41, 5.74) is 0. The van der Waals surface area contributed by atoms with Crippen molar-refractivity contribution in [3.8, 4) is 5.88 Å². The van der Waals surface area contributed by atoms with Crippen molar-refractivity contribution in [1.29, 1.82) is 0 Å². The Morgan fingerprint density at radius 3 is 2.82 bits per heavy atom. The molecule has 0 atom stereocenters. The van der Waals surface area contributed by atoms with Crippen LogP contribution in [0.25, 0.3) is 0 Å². The molecule has 1 aromatic rings. The van der Waals surface area contributed by atoms with Crippen molar-refractivity contribution in [1.82, 2.24) is 14.9 Å². The molecule has 0 unspecified atom stereocenters. The number of carbonyl (C=O) groups is 1. The molecule has 1 rings (SSSR count). The highest BCUT2D eigenvalue weighted by atomic mass is 16.3. The fraction of sp³-hybridized carbons (Fsp3) is 0.636. The molecule has 0 radical (unpaired) electrons. The van der Waals surface area contributed by atoms with E-state index < -0.39 is 0 Å². The topological polar surface area (TPSA) is 79.2 Å². The predicted octanol–water partition coefficient (Wildman–Crippen LogP) is 1.83. The Morgan fingerprint density at radius 1 is 1.47 bits per heavy atom. The SMILES string of the molecule is CCCCCCNC(=O)Nc1nc(O)cn1C. The molecule has 3 N–H and O–H groups in total. The number of anilines is 1. The predicted molar refractivity (Wildman–Crippen MR) is 66.0 cm³/mol. The molecule has 0 aliphatic heterocycles. The van der Waals surface area contributed by atoms with Crippen molar-refractivity contribution in [2.45, 2.75) is 32.6 Å². The number of aryl methyl sites for hydroxylation is 1. The molecule has 17 heavy (non-hydrogen) atoms. The van der Waals surface area contributed by atoms with Gasteiger partial charge in [0.25, 0.3) is 0 Å². The second kappa shape index (κ2) is 6.78. The molecule has 1 heterocycles. The molecule has 0 bridgehead atoms. The quantitative estimate of drug-likeness (QED) is 0.664. The van der Waals surface area contributed by atoms with E-state index >= 15 is 0 Å². The van der Waals surface area contributed by atoms with Crippen LogP contribution in [0.3, 0.4) is 0 Å². The number of unbranched alkanes of at least 4 members (excludes halogenated alkanes) is 3. The molecule has 6 nitrogen and oxygen atoms in total. The van der Waals surface area contributed by atoms with E-state index in [2.05, 4.69) is 22.5 Å². The number of carbonyl (C=O) groups excluding carboxylic acids is 1. The Morgan fingerprint density at radius 2 is 2.24 bits per heavy atom. The summed E-state index contributed by atoms with van der Waals surface area (Å²) in [6, 6.07) is -0.296. The van der Waals surface area contributed by atoms with Crippen LogP contribution < -0.4 is 10.6 Å². The Kier molecular flexibility index (Phi) is 5.32. The zero-order valence-electron chi connectivity index (χ0n) is 10.4. The van der Waals surface area contributed by atoms with Gasteiger partial charge in [-0.2, -0.15) is 4.98 Å². The third-order valence-corrected chi connectivity index (χ3v) is 2.40. The summed E-state index contributed by atoms with van der Waals surface area (Å²) < 4.78 is 1.55. The van der Waals surface area contributed by atoms with Crippen LogP contribution in [0.5, 0.6) is 5.88 Å². The summed E-state index contributed by atoms with van der Waals surface area (Å²) in [6.07, 6.45) is 5.90.